The van der Waals surface area contributed by atoms with Gasteiger partial charge in [-0.2, -0.15) is 0 Å². The normalized spacial score (nSPS) is 56.6. The molecule has 4 fully saturated rings. The first-order valence-electron chi connectivity index (χ1n) is 9.56. The molecule has 0 aromatic rings. The van der Waals surface area contributed by atoms with Crippen LogP contribution >= 0.6 is 0 Å². The van der Waals surface area contributed by atoms with Crippen LogP contribution in [0.15, 0.2) is 12.2 Å². The fourth-order valence-corrected chi connectivity index (χ4v) is 7.62. The highest BCUT2D eigenvalue weighted by Crippen LogP contribution is 2.72. The standard InChI is InChI=1S/C18H26.C2H6/c1-2-3-10-6-7-13-14-9-15(16(10)13)18-12-5-4-11(8-12)17(14)18;1-2/h4-5,10-18H,2-3,6-9H2,1H3;1-2H3. The first kappa shape index (κ1) is 13.4. The van der Waals surface area contributed by atoms with Crippen LogP contribution in [0.3, 0.4) is 0 Å². The molecule has 4 bridgehead atoms. The molecule has 4 saturated carbocycles. The molecule has 9 unspecified atom stereocenters. The van der Waals surface area contributed by atoms with E-state index in [2.05, 4.69) is 19.1 Å². The maximum Gasteiger partial charge on any atom is -0.0194 e. The van der Waals surface area contributed by atoms with Crippen molar-refractivity contribution in [2.45, 2.75) is 59.3 Å². The van der Waals surface area contributed by atoms with Crippen molar-refractivity contribution < 1.29 is 0 Å². The summed E-state index contributed by atoms with van der Waals surface area (Å²) in [7, 11) is 0. The zero-order valence-electron chi connectivity index (χ0n) is 13.6. The van der Waals surface area contributed by atoms with E-state index >= 15 is 0 Å². The molecule has 5 rings (SSSR count). The lowest BCUT2D eigenvalue weighted by Gasteiger charge is -2.41. The molecule has 0 heteroatoms. The van der Waals surface area contributed by atoms with E-state index in [1.54, 1.807) is 25.7 Å². The number of hydrogen-bond acceptors (Lipinski definition) is 0. The minimum atomic E-state index is 1.01. The van der Waals surface area contributed by atoms with E-state index < -0.39 is 0 Å². The Morgan fingerprint density at radius 1 is 0.800 bits per heavy atom. The van der Waals surface area contributed by atoms with Gasteiger partial charge in [-0.3, -0.25) is 0 Å². The summed E-state index contributed by atoms with van der Waals surface area (Å²) >= 11 is 0. The van der Waals surface area contributed by atoms with Gasteiger partial charge in [0, 0.05) is 0 Å². The van der Waals surface area contributed by atoms with E-state index in [-0.39, 0.29) is 0 Å². The van der Waals surface area contributed by atoms with Crippen molar-refractivity contribution in [1.82, 2.24) is 0 Å². The average molecular weight is 272 g/mol. The van der Waals surface area contributed by atoms with Crippen molar-refractivity contribution in [2.24, 2.45) is 53.3 Å². The predicted octanol–water partition coefficient (Wildman–Crippen LogP) is 5.54. The minimum absolute atomic E-state index is 1.01. The Morgan fingerprint density at radius 2 is 1.50 bits per heavy atom. The molecule has 20 heavy (non-hydrogen) atoms. The average Bonchev–Trinajstić information content (AvgIpc) is 3.25. The summed E-state index contributed by atoms with van der Waals surface area (Å²) in [5, 5.41) is 0. The summed E-state index contributed by atoms with van der Waals surface area (Å²) in [6, 6.07) is 0. The second-order valence-electron chi connectivity index (χ2n) is 8.03. The lowest BCUT2D eigenvalue weighted by Crippen LogP contribution is -2.36. The molecule has 9 atom stereocenters. The molecule has 0 saturated heterocycles. The number of allylic oxidation sites excluding steroid dienone is 2. The number of hydrogen-bond donors (Lipinski definition) is 0. The monoisotopic (exact) mass is 272 g/mol. The molecule has 5 aliphatic carbocycles. The topological polar surface area (TPSA) is 0 Å². The van der Waals surface area contributed by atoms with Crippen LogP contribution in [0, 0.1) is 53.3 Å². The Labute approximate surface area is 125 Å². The van der Waals surface area contributed by atoms with Crippen LogP contribution in [-0.4, -0.2) is 0 Å². The molecule has 0 heterocycles. The zero-order valence-corrected chi connectivity index (χ0v) is 13.6. The second-order valence-corrected chi connectivity index (χ2v) is 8.03. The van der Waals surface area contributed by atoms with Gasteiger partial charge < -0.3 is 0 Å². The van der Waals surface area contributed by atoms with E-state index in [4.69, 9.17) is 0 Å². The van der Waals surface area contributed by atoms with Gasteiger partial charge >= 0.3 is 0 Å². The van der Waals surface area contributed by atoms with Gasteiger partial charge in [0.2, 0.25) is 0 Å². The van der Waals surface area contributed by atoms with Gasteiger partial charge in [0.15, 0.2) is 0 Å². The van der Waals surface area contributed by atoms with E-state index in [1.807, 2.05) is 13.8 Å². The maximum absolute atomic E-state index is 2.60. The second kappa shape index (κ2) is 4.89. The van der Waals surface area contributed by atoms with Crippen molar-refractivity contribution in [1.29, 1.82) is 0 Å². The Kier molecular flexibility index (Phi) is 3.28. The summed E-state index contributed by atoms with van der Waals surface area (Å²) in [5.74, 6) is 10.1. The molecule has 0 N–H and O–H groups in total. The van der Waals surface area contributed by atoms with Crippen LogP contribution in [0.25, 0.3) is 0 Å². The lowest BCUT2D eigenvalue weighted by atomic mass is 9.64. The molecule has 0 nitrogen and oxygen atoms in total. The van der Waals surface area contributed by atoms with Gasteiger partial charge in [-0.25, -0.2) is 0 Å². The molecular weight excluding hydrogens is 240 g/mol. The molecule has 0 aromatic heterocycles. The largest absolute Gasteiger partial charge is 0.0848 e. The van der Waals surface area contributed by atoms with Gasteiger partial charge in [0.1, 0.15) is 0 Å². The highest BCUT2D eigenvalue weighted by atomic mass is 14.7. The van der Waals surface area contributed by atoms with Crippen molar-refractivity contribution in [3.8, 4) is 0 Å². The van der Waals surface area contributed by atoms with Gasteiger partial charge in [-0.05, 0) is 78.9 Å². The molecule has 0 aromatic carbocycles. The van der Waals surface area contributed by atoms with Crippen LogP contribution < -0.4 is 0 Å². The van der Waals surface area contributed by atoms with E-state index in [0.29, 0.717) is 0 Å². The SMILES string of the molecule is CC.CCCC1CCC2C3CC(C12)C1C2C=CC(C2)C31. The summed E-state index contributed by atoms with van der Waals surface area (Å²) in [5.41, 5.74) is 0. The van der Waals surface area contributed by atoms with Gasteiger partial charge in [-0.15, -0.1) is 0 Å². The Bertz CT molecular complexity index is 395. The third kappa shape index (κ3) is 1.54. The molecule has 0 radical (unpaired) electrons. The van der Waals surface area contributed by atoms with Crippen LogP contribution in [0.4, 0.5) is 0 Å². The van der Waals surface area contributed by atoms with Gasteiger partial charge in [0.05, 0.1) is 0 Å². The summed E-state index contributed by atoms with van der Waals surface area (Å²) < 4.78 is 0. The summed E-state index contributed by atoms with van der Waals surface area (Å²) in [6.07, 6.45) is 14.5. The van der Waals surface area contributed by atoms with Crippen LogP contribution in [0.5, 0.6) is 0 Å². The van der Waals surface area contributed by atoms with Crippen LogP contribution in [0.2, 0.25) is 0 Å². The van der Waals surface area contributed by atoms with Crippen molar-refractivity contribution in [2.75, 3.05) is 0 Å². The Hall–Kier alpha value is -0.260. The predicted molar refractivity (Wildman–Crippen MR) is 85.3 cm³/mol. The molecule has 0 spiro atoms. The highest BCUT2D eigenvalue weighted by Gasteiger charge is 2.66. The fraction of sp³-hybridized carbons (Fsp3) is 0.900. The fourth-order valence-electron chi connectivity index (χ4n) is 7.62. The first-order valence-corrected chi connectivity index (χ1v) is 9.56. The summed E-state index contributed by atoms with van der Waals surface area (Å²) in [6.45, 7) is 6.39. The molecule has 0 amide bonds. The van der Waals surface area contributed by atoms with Crippen molar-refractivity contribution >= 4 is 0 Å². The number of fused-ring (bicyclic) bond motifs is 12. The third-order valence-electron chi connectivity index (χ3n) is 7.73. The quantitative estimate of drug-likeness (QED) is 0.457. The lowest BCUT2D eigenvalue weighted by molar-refractivity contribution is 0.0844. The molecule has 5 aliphatic rings. The van der Waals surface area contributed by atoms with Gasteiger partial charge in [0.25, 0.3) is 0 Å². The minimum Gasteiger partial charge on any atom is -0.0848 e. The Balaban J connectivity index is 0.000000509. The van der Waals surface area contributed by atoms with Crippen LogP contribution in [0.1, 0.15) is 59.3 Å². The van der Waals surface area contributed by atoms with E-state index in [1.165, 1.54) is 24.7 Å². The Morgan fingerprint density at radius 3 is 2.20 bits per heavy atom. The smallest absolute Gasteiger partial charge is 0.0194 e. The summed E-state index contributed by atoms with van der Waals surface area (Å²) in [4.78, 5) is 0. The zero-order chi connectivity index (χ0) is 13.9. The van der Waals surface area contributed by atoms with Crippen molar-refractivity contribution in [3.63, 3.8) is 0 Å². The van der Waals surface area contributed by atoms with E-state index in [9.17, 15) is 0 Å². The third-order valence-corrected chi connectivity index (χ3v) is 7.73. The van der Waals surface area contributed by atoms with E-state index in [0.717, 1.165) is 41.4 Å². The first-order chi connectivity index (χ1) is 9.88. The molecular formula is C20H32. The van der Waals surface area contributed by atoms with Gasteiger partial charge in [-0.1, -0.05) is 45.8 Å². The van der Waals surface area contributed by atoms with Crippen LogP contribution in [-0.2, 0) is 0 Å². The molecule has 112 valence electrons. The molecule has 0 aliphatic heterocycles. The maximum atomic E-state index is 2.60. The highest BCUT2D eigenvalue weighted by molar-refractivity contribution is 5.23. The number of rotatable bonds is 2. The van der Waals surface area contributed by atoms with Crippen molar-refractivity contribution in [3.05, 3.63) is 12.2 Å².